The molecule has 0 radical (unpaired) electrons. The van der Waals surface area contributed by atoms with Gasteiger partial charge in [0.1, 0.15) is 0 Å². The highest BCUT2D eigenvalue weighted by Crippen LogP contribution is 2.58. The summed E-state index contributed by atoms with van der Waals surface area (Å²) in [6.45, 7) is 12.5. The molecule has 1 saturated heterocycles. The number of rotatable bonds is 1. The Morgan fingerprint density at radius 1 is 1.18 bits per heavy atom. The number of hydrogen-bond acceptors (Lipinski definition) is 2. The molecule has 1 fully saturated rings. The van der Waals surface area contributed by atoms with E-state index in [0.717, 1.165) is 19.3 Å². The smallest absolute Gasteiger partial charge is 0.240 e. The Labute approximate surface area is 133 Å². The fourth-order valence-electron chi connectivity index (χ4n) is 4.37. The zero-order valence-corrected chi connectivity index (χ0v) is 14.6. The molecular weight excluding hydrogens is 274 g/mol. The van der Waals surface area contributed by atoms with Crippen molar-refractivity contribution in [2.24, 2.45) is 16.2 Å². The number of amides is 2. The zero-order chi connectivity index (χ0) is 16.5. The van der Waals surface area contributed by atoms with Gasteiger partial charge in [0.05, 0.1) is 16.9 Å². The molecule has 3 aliphatic rings. The highest BCUT2D eigenvalue weighted by atomic mass is 16.2. The molecule has 0 aromatic heterocycles. The van der Waals surface area contributed by atoms with E-state index < -0.39 is 10.8 Å². The maximum absolute atomic E-state index is 13.3. The number of likely N-dealkylation sites (tertiary alicyclic amines) is 1. The molecule has 3 atom stereocenters. The normalized spacial score (nSPS) is 39.8. The van der Waals surface area contributed by atoms with Crippen LogP contribution in [0.3, 0.4) is 0 Å². The fourth-order valence-corrected chi connectivity index (χ4v) is 4.37. The van der Waals surface area contributed by atoms with Gasteiger partial charge in [-0.3, -0.25) is 14.5 Å². The predicted molar refractivity (Wildman–Crippen MR) is 87.0 cm³/mol. The Morgan fingerprint density at radius 2 is 1.82 bits per heavy atom. The van der Waals surface area contributed by atoms with Crippen molar-refractivity contribution in [3.05, 3.63) is 23.3 Å². The first-order chi connectivity index (χ1) is 10.0. The molecule has 0 N–H and O–H groups in total. The standard InChI is InChI=1S/C19H27NO2/c1-12-7-9-18(5,11-13(12)2)15(21)20-14-8-10-19(6,16(20)22)17(14,3)4/h8,10,14H,7,9,11H2,1-6H3/t14-,18+,19-/m0/s1. The number of carbonyl (C=O) groups excluding carboxylic acids is 2. The first-order valence-corrected chi connectivity index (χ1v) is 8.27. The summed E-state index contributed by atoms with van der Waals surface area (Å²) in [4.78, 5) is 27.7. The molecule has 2 aliphatic carbocycles. The van der Waals surface area contributed by atoms with Gasteiger partial charge >= 0.3 is 0 Å². The second kappa shape index (κ2) is 4.33. The van der Waals surface area contributed by atoms with Crippen LogP contribution >= 0.6 is 0 Å². The van der Waals surface area contributed by atoms with Crippen LogP contribution in [0.1, 0.15) is 60.8 Å². The average molecular weight is 301 g/mol. The second-order valence-electron chi connectivity index (χ2n) is 8.51. The van der Waals surface area contributed by atoms with Gasteiger partial charge in [0.25, 0.3) is 0 Å². The van der Waals surface area contributed by atoms with E-state index in [1.807, 2.05) is 19.9 Å². The van der Waals surface area contributed by atoms with Gasteiger partial charge < -0.3 is 0 Å². The SMILES string of the molecule is CC1=C(C)C[C@](C)(C(=O)N2C(=O)[C@]3(C)C=C[C@H]2C3(C)C)CC1. The Balaban J connectivity index is 1.95. The number of nitrogens with zero attached hydrogens (tertiary/aromatic N) is 1. The third-order valence-electron chi connectivity index (χ3n) is 6.80. The number of carbonyl (C=O) groups is 2. The van der Waals surface area contributed by atoms with Crippen molar-refractivity contribution in [3.63, 3.8) is 0 Å². The van der Waals surface area contributed by atoms with Gasteiger partial charge in [0.2, 0.25) is 11.8 Å². The van der Waals surface area contributed by atoms with E-state index in [1.165, 1.54) is 11.1 Å². The minimum atomic E-state index is -0.543. The maximum atomic E-state index is 13.3. The zero-order valence-electron chi connectivity index (χ0n) is 14.6. The largest absolute Gasteiger partial charge is 0.274 e. The fraction of sp³-hybridized carbons (Fsp3) is 0.684. The van der Waals surface area contributed by atoms with Gasteiger partial charge in [-0.25, -0.2) is 0 Å². The Morgan fingerprint density at radius 3 is 2.32 bits per heavy atom. The highest BCUT2D eigenvalue weighted by Gasteiger charge is 2.65. The lowest BCUT2D eigenvalue weighted by molar-refractivity contribution is -0.153. The molecule has 3 heteroatoms. The van der Waals surface area contributed by atoms with Crippen molar-refractivity contribution in [1.29, 1.82) is 0 Å². The van der Waals surface area contributed by atoms with Gasteiger partial charge in [0, 0.05) is 5.41 Å². The summed E-state index contributed by atoms with van der Waals surface area (Å²) >= 11 is 0. The molecule has 1 heterocycles. The van der Waals surface area contributed by atoms with E-state index in [2.05, 4.69) is 33.8 Å². The van der Waals surface area contributed by atoms with Crippen LogP contribution in [0.25, 0.3) is 0 Å². The number of allylic oxidation sites excluding steroid dienone is 2. The third-order valence-corrected chi connectivity index (χ3v) is 6.80. The van der Waals surface area contributed by atoms with Crippen molar-refractivity contribution in [2.75, 3.05) is 0 Å². The molecule has 22 heavy (non-hydrogen) atoms. The summed E-state index contributed by atoms with van der Waals surface area (Å²) in [6.07, 6.45) is 6.63. The number of fused-ring (bicyclic) bond motifs is 2. The van der Waals surface area contributed by atoms with Gasteiger partial charge in [-0.2, -0.15) is 0 Å². The van der Waals surface area contributed by atoms with E-state index in [-0.39, 0.29) is 23.3 Å². The first kappa shape index (κ1) is 15.5. The van der Waals surface area contributed by atoms with Crippen LogP contribution < -0.4 is 0 Å². The van der Waals surface area contributed by atoms with Crippen molar-refractivity contribution < 1.29 is 9.59 Å². The van der Waals surface area contributed by atoms with Gasteiger partial charge in [-0.05, 0) is 40.0 Å². The van der Waals surface area contributed by atoms with E-state index in [4.69, 9.17) is 0 Å². The minimum absolute atomic E-state index is 0.0137. The lowest BCUT2D eigenvalue weighted by Gasteiger charge is -2.38. The number of hydrogen-bond donors (Lipinski definition) is 0. The maximum Gasteiger partial charge on any atom is 0.240 e. The quantitative estimate of drug-likeness (QED) is 0.545. The molecular formula is C19H27NO2. The monoisotopic (exact) mass is 301 g/mol. The second-order valence-corrected chi connectivity index (χ2v) is 8.51. The molecule has 0 unspecified atom stereocenters. The average Bonchev–Trinajstić information content (AvgIpc) is 2.75. The Bertz CT molecular complexity index is 627. The van der Waals surface area contributed by atoms with Crippen molar-refractivity contribution in [2.45, 2.75) is 66.8 Å². The van der Waals surface area contributed by atoms with E-state index in [0.29, 0.717) is 0 Å². The third kappa shape index (κ3) is 1.68. The van der Waals surface area contributed by atoms with Crippen LogP contribution in [0.5, 0.6) is 0 Å². The van der Waals surface area contributed by atoms with E-state index in [1.54, 1.807) is 4.90 Å². The topological polar surface area (TPSA) is 37.4 Å². The Kier molecular flexibility index (Phi) is 3.06. The summed E-state index contributed by atoms with van der Waals surface area (Å²) in [6, 6.07) is -0.0957. The predicted octanol–water partition coefficient (Wildman–Crippen LogP) is 3.85. The molecule has 0 aromatic carbocycles. The lowest BCUT2D eigenvalue weighted by Crippen LogP contribution is -2.50. The summed E-state index contributed by atoms with van der Waals surface area (Å²) in [5.74, 6) is 0.00986. The molecule has 3 rings (SSSR count). The van der Waals surface area contributed by atoms with Crippen molar-refractivity contribution in [3.8, 4) is 0 Å². The molecule has 0 spiro atoms. The summed E-state index contributed by atoms with van der Waals surface area (Å²) in [7, 11) is 0. The summed E-state index contributed by atoms with van der Waals surface area (Å²) in [5, 5.41) is 0. The molecule has 120 valence electrons. The molecule has 0 saturated carbocycles. The van der Waals surface area contributed by atoms with Crippen LogP contribution in [-0.2, 0) is 9.59 Å². The molecule has 3 nitrogen and oxygen atoms in total. The van der Waals surface area contributed by atoms with Crippen LogP contribution in [0.4, 0.5) is 0 Å². The van der Waals surface area contributed by atoms with Crippen molar-refractivity contribution >= 4 is 11.8 Å². The van der Waals surface area contributed by atoms with Gasteiger partial charge in [-0.1, -0.05) is 44.1 Å². The van der Waals surface area contributed by atoms with Gasteiger partial charge in [-0.15, -0.1) is 0 Å². The first-order valence-electron chi connectivity index (χ1n) is 8.27. The summed E-state index contributed by atoms with van der Waals surface area (Å²) in [5.41, 5.74) is 1.50. The van der Waals surface area contributed by atoms with Crippen LogP contribution in [-0.4, -0.2) is 22.8 Å². The lowest BCUT2D eigenvalue weighted by atomic mass is 9.70. The molecule has 2 amide bonds. The van der Waals surface area contributed by atoms with Crippen LogP contribution in [0.2, 0.25) is 0 Å². The van der Waals surface area contributed by atoms with Crippen molar-refractivity contribution in [1.82, 2.24) is 4.90 Å². The van der Waals surface area contributed by atoms with E-state index in [9.17, 15) is 9.59 Å². The number of imide groups is 1. The molecule has 0 aromatic rings. The Hall–Kier alpha value is -1.38. The summed E-state index contributed by atoms with van der Waals surface area (Å²) < 4.78 is 0. The van der Waals surface area contributed by atoms with Crippen LogP contribution in [0.15, 0.2) is 23.3 Å². The van der Waals surface area contributed by atoms with Crippen LogP contribution in [0, 0.1) is 16.2 Å². The molecule has 1 aliphatic heterocycles. The van der Waals surface area contributed by atoms with E-state index >= 15 is 0 Å². The minimum Gasteiger partial charge on any atom is -0.274 e. The molecule has 2 bridgehead atoms. The van der Waals surface area contributed by atoms with Gasteiger partial charge in [0.15, 0.2) is 0 Å². The highest BCUT2D eigenvalue weighted by molar-refractivity contribution is 6.05.